The van der Waals surface area contributed by atoms with Crippen molar-refractivity contribution in [1.82, 2.24) is 5.32 Å². The molecule has 1 saturated carbocycles. The highest BCUT2D eigenvalue weighted by Crippen LogP contribution is 2.49. The molecule has 108 valence electrons. The highest BCUT2D eigenvalue weighted by molar-refractivity contribution is 8.00. The Balaban J connectivity index is 1.51. The first-order valence-corrected chi connectivity index (χ1v) is 8.42. The molecule has 0 radical (unpaired) electrons. The standard InChI is InChI=1S/C16H22N2OS/c17-15-14(12-7-4-8-13(12)20-15)16(19)18-10-9-11-5-2-1-3-6-11/h1-3,5-6,12-15H,4,7-10,17H2,(H,18,19). The van der Waals surface area contributed by atoms with Gasteiger partial charge in [0.1, 0.15) is 0 Å². The van der Waals surface area contributed by atoms with E-state index in [1.165, 1.54) is 24.8 Å². The summed E-state index contributed by atoms with van der Waals surface area (Å²) in [7, 11) is 0. The van der Waals surface area contributed by atoms with Crippen molar-refractivity contribution in [2.24, 2.45) is 17.6 Å². The Morgan fingerprint density at radius 3 is 2.90 bits per heavy atom. The molecule has 0 bridgehead atoms. The third-order valence-corrected chi connectivity index (χ3v) is 6.05. The molecule has 20 heavy (non-hydrogen) atoms. The summed E-state index contributed by atoms with van der Waals surface area (Å²) in [4.78, 5) is 12.4. The van der Waals surface area contributed by atoms with Crippen molar-refractivity contribution in [1.29, 1.82) is 0 Å². The van der Waals surface area contributed by atoms with Gasteiger partial charge in [0.05, 0.1) is 11.3 Å². The summed E-state index contributed by atoms with van der Waals surface area (Å²) < 4.78 is 0. The Morgan fingerprint density at radius 1 is 1.30 bits per heavy atom. The zero-order chi connectivity index (χ0) is 13.9. The lowest BCUT2D eigenvalue weighted by atomic mass is 9.90. The van der Waals surface area contributed by atoms with Crippen molar-refractivity contribution < 1.29 is 4.79 Å². The minimum absolute atomic E-state index is 0.0120. The number of nitrogens with two attached hydrogens (primary N) is 1. The first-order valence-electron chi connectivity index (χ1n) is 7.48. The van der Waals surface area contributed by atoms with Crippen LogP contribution in [0.15, 0.2) is 30.3 Å². The zero-order valence-corrected chi connectivity index (χ0v) is 12.4. The predicted molar refractivity (Wildman–Crippen MR) is 83.3 cm³/mol. The van der Waals surface area contributed by atoms with E-state index in [0.717, 1.165) is 6.42 Å². The summed E-state index contributed by atoms with van der Waals surface area (Å²) >= 11 is 1.82. The molecule has 3 rings (SSSR count). The minimum atomic E-state index is -0.0120. The van der Waals surface area contributed by atoms with Gasteiger partial charge in [-0.3, -0.25) is 4.79 Å². The SMILES string of the molecule is NC1SC2CCCC2C1C(=O)NCCc1ccccc1. The topological polar surface area (TPSA) is 55.1 Å². The molecular weight excluding hydrogens is 268 g/mol. The van der Waals surface area contributed by atoms with E-state index < -0.39 is 0 Å². The molecule has 4 heteroatoms. The van der Waals surface area contributed by atoms with E-state index in [9.17, 15) is 4.79 Å². The number of hydrogen-bond donors (Lipinski definition) is 2. The molecule has 1 amide bonds. The number of benzene rings is 1. The summed E-state index contributed by atoms with van der Waals surface area (Å²) in [5, 5.41) is 3.69. The van der Waals surface area contributed by atoms with Gasteiger partial charge in [0.25, 0.3) is 0 Å². The van der Waals surface area contributed by atoms with E-state index in [1.54, 1.807) is 0 Å². The van der Waals surface area contributed by atoms with Gasteiger partial charge in [-0.25, -0.2) is 0 Å². The molecule has 1 aliphatic heterocycles. The van der Waals surface area contributed by atoms with Gasteiger partial charge in [-0.05, 0) is 30.7 Å². The van der Waals surface area contributed by atoms with Crippen LogP contribution in [-0.4, -0.2) is 23.1 Å². The number of rotatable bonds is 4. The highest BCUT2D eigenvalue weighted by atomic mass is 32.2. The molecule has 1 aliphatic carbocycles. The number of nitrogens with one attached hydrogen (secondary N) is 1. The van der Waals surface area contributed by atoms with Crippen LogP contribution < -0.4 is 11.1 Å². The molecule has 3 N–H and O–H groups in total. The maximum absolute atomic E-state index is 12.4. The fraction of sp³-hybridized carbons (Fsp3) is 0.562. The van der Waals surface area contributed by atoms with Gasteiger partial charge in [0, 0.05) is 11.8 Å². The first kappa shape index (κ1) is 14.0. The number of hydrogen-bond acceptors (Lipinski definition) is 3. The van der Waals surface area contributed by atoms with E-state index >= 15 is 0 Å². The molecule has 0 spiro atoms. The van der Waals surface area contributed by atoms with E-state index in [0.29, 0.717) is 17.7 Å². The van der Waals surface area contributed by atoms with E-state index in [2.05, 4.69) is 17.4 Å². The second-order valence-corrected chi connectivity index (χ2v) is 7.21. The second-order valence-electron chi connectivity index (χ2n) is 5.79. The Morgan fingerprint density at radius 2 is 2.10 bits per heavy atom. The number of thioether (sulfide) groups is 1. The second kappa shape index (κ2) is 6.19. The van der Waals surface area contributed by atoms with Gasteiger partial charge in [0.2, 0.25) is 5.91 Å². The van der Waals surface area contributed by atoms with Gasteiger partial charge < -0.3 is 11.1 Å². The Bertz CT molecular complexity index is 465. The zero-order valence-electron chi connectivity index (χ0n) is 11.6. The van der Waals surface area contributed by atoms with Crippen LogP contribution in [0, 0.1) is 11.8 Å². The lowest BCUT2D eigenvalue weighted by Gasteiger charge is -2.19. The third kappa shape index (κ3) is 2.86. The number of carbonyl (C=O) groups is 1. The maximum atomic E-state index is 12.4. The first-order chi connectivity index (χ1) is 9.75. The summed E-state index contributed by atoms with van der Waals surface area (Å²) in [5.74, 6) is 0.685. The normalized spacial score (nSPS) is 32.0. The van der Waals surface area contributed by atoms with Crippen molar-refractivity contribution in [3.63, 3.8) is 0 Å². The molecular formula is C16H22N2OS. The van der Waals surface area contributed by atoms with Gasteiger partial charge in [0.15, 0.2) is 0 Å². The smallest absolute Gasteiger partial charge is 0.225 e. The molecule has 2 aliphatic rings. The molecule has 4 atom stereocenters. The monoisotopic (exact) mass is 290 g/mol. The largest absolute Gasteiger partial charge is 0.355 e. The van der Waals surface area contributed by atoms with Crippen LogP contribution in [0.1, 0.15) is 24.8 Å². The molecule has 1 aromatic carbocycles. The quantitative estimate of drug-likeness (QED) is 0.893. The van der Waals surface area contributed by atoms with Gasteiger partial charge in [-0.15, -0.1) is 11.8 Å². The molecule has 2 fully saturated rings. The highest BCUT2D eigenvalue weighted by Gasteiger charge is 2.47. The van der Waals surface area contributed by atoms with Crippen molar-refractivity contribution >= 4 is 17.7 Å². The summed E-state index contributed by atoms with van der Waals surface area (Å²) in [5.41, 5.74) is 7.42. The molecule has 4 unspecified atom stereocenters. The third-order valence-electron chi connectivity index (χ3n) is 4.51. The molecule has 1 saturated heterocycles. The van der Waals surface area contributed by atoms with Crippen molar-refractivity contribution in [2.75, 3.05) is 6.54 Å². The average Bonchev–Trinajstić information content (AvgIpc) is 2.99. The van der Waals surface area contributed by atoms with E-state index in [4.69, 9.17) is 5.73 Å². The Kier molecular flexibility index (Phi) is 4.32. The molecule has 3 nitrogen and oxygen atoms in total. The fourth-order valence-electron chi connectivity index (χ4n) is 3.50. The molecule has 1 aromatic rings. The maximum Gasteiger partial charge on any atom is 0.225 e. The Labute approximate surface area is 124 Å². The van der Waals surface area contributed by atoms with Gasteiger partial charge in [-0.2, -0.15) is 0 Å². The van der Waals surface area contributed by atoms with Gasteiger partial charge in [-0.1, -0.05) is 36.8 Å². The van der Waals surface area contributed by atoms with Crippen molar-refractivity contribution in [3.05, 3.63) is 35.9 Å². The predicted octanol–water partition coefficient (Wildman–Crippen LogP) is 2.16. The van der Waals surface area contributed by atoms with Crippen LogP contribution in [0.5, 0.6) is 0 Å². The van der Waals surface area contributed by atoms with Crippen LogP contribution in [0.2, 0.25) is 0 Å². The minimum Gasteiger partial charge on any atom is -0.355 e. The van der Waals surface area contributed by atoms with Crippen LogP contribution in [0.3, 0.4) is 0 Å². The summed E-state index contributed by atoms with van der Waals surface area (Å²) in [6, 6.07) is 10.3. The number of carbonyl (C=O) groups excluding carboxylic acids is 1. The number of fused-ring (bicyclic) bond motifs is 1. The van der Waals surface area contributed by atoms with Crippen LogP contribution in [0.4, 0.5) is 0 Å². The van der Waals surface area contributed by atoms with Gasteiger partial charge >= 0.3 is 0 Å². The van der Waals surface area contributed by atoms with E-state index in [1.807, 2.05) is 30.0 Å². The van der Waals surface area contributed by atoms with Crippen LogP contribution in [-0.2, 0) is 11.2 Å². The average molecular weight is 290 g/mol. The van der Waals surface area contributed by atoms with Crippen molar-refractivity contribution in [3.8, 4) is 0 Å². The summed E-state index contributed by atoms with van der Waals surface area (Å²) in [6.07, 6.45) is 4.54. The Hall–Kier alpha value is -1.00. The van der Waals surface area contributed by atoms with Crippen LogP contribution in [0.25, 0.3) is 0 Å². The van der Waals surface area contributed by atoms with E-state index in [-0.39, 0.29) is 17.2 Å². The molecule has 0 aromatic heterocycles. The number of amides is 1. The van der Waals surface area contributed by atoms with Crippen LogP contribution >= 0.6 is 11.8 Å². The fourth-order valence-corrected chi connectivity index (χ4v) is 5.21. The lowest BCUT2D eigenvalue weighted by molar-refractivity contribution is -0.126. The van der Waals surface area contributed by atoms with Crippen molar-refractivity contribution in [2.45, 2.75) is 36.3 Å². The summed E-state index contributed by atoms with van der Waals surface area (Å²) in [6.45, 7) is 0.702. The lowest BCUT2D eigenvalue weighted by Crippen LogP contribution is -2.41. The molecule has 1 heterocycles.